The van der Waals surface area contributed by atoms with Crippen molar-refractivity contribution in [1.29, 1.82) is 0 Å². The van der Waals surface area contributed by atoms with Crippen molar-refractivity contribution >= 4 is 12.0 Å². The Bertz CT molecular complexity index is 427. The average Bonchev–Trinajstić information content (AvgIpc) is 2.90. The van der Waals surface area contributed by atoms with Gasteiger partial charge in [0.25, 0.3) is 0 Å². The lowest BCUT2D eigenvalue weighted by Crippen LogP contribution is -2.47. The van der Waals surface area contributed by atoms with Gasteiger partial charge in [-0.1, -0.05) is 6.92 Å². The molecule has 2 heterocycles. The van der Waals surface area contributed by atoms with Crippen molar-refractivity contribution in [2.45, 2.75) is 71.1 Å². The van der Waals surface area contributed by atoms with Crippen LogP contribution >= 0.6 is 0 Å². The van der Waals surface area contributed by atoms with Crippen molar-refractivity contribution in [2.24, 2.45) is 5.92 Å². The topological polar surface area (TPSA) is 67.9 Å². The molecule has 23 heavy (non-hydrogen) atoms. The smallest absolute Gasteiger partial charge is 0.410 e. The second-order valence-corrected chi connectivity index (χ2v) is 7.44. The highest BCUT2D eigenvalue weighted by atomic mass is 16.6. The highest BCUT2D eigenvalue weighted by molar-refractivity contribution is 5.81. The van der Waals surface area contributed by atoms with Crippen LogP contribution in [-0.4, -0.2) is 54.3 Å². The normalized spacial score (nSPS) is 26.2. The Morgan fingerprint density at radius 1 is 1.22 bits per heavy atom. The minimum atomic E-state index is -0.516. The zero-order valence-corrected chi connectivity index (χ0v) is 14.8. The molecule has 2 saturated heterocycles. The first-order valence-electron chi connectivity index (χ1n) is 8.69. The number of amides is 2. The summed E-state index contributed by atoms with van der Waals surface area (Å²) in [5.41, 5.74) is -0.516. The van der Waals surface area contributed by atoms with E-state index in [2.05, 4.69) is 5.32 Å². The molecule has 2 aliphatic rings. The first kappa shape index (κ1) is 18.0. The molecule has 6 nitrogen and oxygen atoms in total. The lowest BCUT2D eigenvalue weighted by Gasteiger charge is -2.30. The van der Waals surface area contributed by atoms with Gasteiger partial charge in [0.2, 0.25) is 5.91 Å². The standard InChI is InChI=1S/C17H30N2O4/c1-5-14-13(15(20)18-12-7-10-22-11-8-12)6-9-19(14)16(21)23-17(2,3)4/h12-14H,5-11H2,1-4H3,(H,18,20). The van der Waals surface area contributed by atoms with Crippen LogP contribution in [0.25, 0.3) is 0 Å². The van der Waals surface area contributed by atoms with Crippen LogP contribution in [0.3, 0.4) is 0 Å². The molecule has 6 heteroatoms. The zero-order valence-electron chi connectivity index (χ0n) is 14.8. The molecule has 0 aromatic rings. The van der Waals surface area contributed by atoms with Crippen molar-refractivity contribution in [2.75, 3.05) is 19.8 Å². The molecule has 1 N–H and O–H groups in total. The summed E-state index contributed by atoms with van der Waals surface area (Å²) in [6.45, 7) is 9.58. The molecule has 0 aromatic heterocycles. The highest BCUT2D eigenvalue weighted by Gasteiger charge is 2.41. The molecule has 132 valence electrons. The molecule has 2 rings (SSSR count). The second kappa shape index (κ2) is 7.51. The van der Waals surface area contributed by atoms with E-state index in [9.17, 15) is 9.59 Å². The number of nitrogens with one attached hydrogen (secondary N) is 1. The minimum absolute atomic E-state index is 0.0646. The van der Waals surface area contributed by atoms with E-state index in [0.29, 0.717) is 26.2 Å². The Morgan fingerprint density at radius 3 is 2.43 bits per heavy atom. The summed E-state index contributed by atoms with van der Waals surface area (Å²) < 4.78 is 10.8. The molecule has 0 aromatic carbocycles. The molecule has 2 atom stereocenters. The fourth-order valence-corrected chi connectivity index (χ4v) is 3.36. The lowest BCUT2D eigenvalue weighted by molar-refractivity contribution is -0.127. The number of hydrogen-bond acceptors (Lipinski definition) is 4. The predicted octanol–water partition coefficient (Wildman–Crippen LogP) is 2.32. The molecule has 2 aliphatic heterocycles. The number of likely N-dealkylation sites (tertiary alicyclic amines) is 1. The van der Waals surface area contributed by atoms with Crippen LogP contribution in [0.1, 0.15) is 53.4 Å². The lowest BCUT2D eigenvalue weighted by atomic mass is 9.96. The van der Waals surface area contributed by atoms with E-state index >= 15 is 0 Å². The van der Waals surface area contributed by atoms with Crippen molar-refractivity contribution in [3.8, 4) is 0 Å². The monoisotopic (exact) mass is 326 g/mol. The highest BCUT2D eigenvalue weighted by Crippen LogP contribution is 2.29. The number of nitrogens with zero attached hydrogens (tertiary/aromatic N) is 1. The van der Waals surface area contributed by atoms with Gasteiger partial charge in [0.1, 0.15) is 5.60 Å². The van der Waals surface area contributed by atoms with Gasteiger partial charge >= 0.3 is 6.09 Å². The minimum Gasteiger partial charge on any atom is -0.444 e. The Hall–Kier alpha value is -1.30. The second-order valence-electron chi connectivity index (χ2n) is 7.44. The number of rotatable bonds is 3. The van der Waals surface area contributed by atoms with E-state index in [0.717, 1.165) is 19.3 Å². The van der Waals surface area contributed by atoms with Crippen molar-refractivity contribution in [3.63, 3.8) is 0 Å². The molecular formula is C17H30N2O4. The first-order chi connectivity index (χ1) is 10.8. The van der Waals surface area contributed by atoms with Gasteiger partial charge in [0.05, 0.1) is 5.92 Å². The van der Waals surface area contributed by atoms with E-state index in [4.69, 9.17) is 9.47 Å². The van der Waals surface area contributed by atoms with E-state index in [-0.39, 0.29) is 30.0 Å². The van der Waals surface area contributed by atoms with Crippen LogP contribution in [0.2, 0.25) is 0 Å². The van der Waals surface area contributed by atoms with Gasteiger partial charge in [-0.25, -0.2) is 4.79 Å². The molecule has 0 bridgehead atoms. The molecule has 0 aliphatic carbocycles. The number of ether oxygens (including phenoxy) is 2. The van der Waals surface area contributed by atoms with E-state index in [1.165, 1.54) is 0 Å². The quantitative estimate of drug-likeness (QED) is 0.864. The van der Waals surface area contributed by atoms with Gasteiger partial charge in [-0.3, -0.25) is 4.79 Å². The van der Waals surface area contributed by atoms with Gasteiger partial charge < -0.3 is 19.7 Å². The van der Waals surface area contributed by atoms with Crippen LogP contribution in [0, 0.1) is 5.92 Å². The Labute approximate surface area is 138 Å². The van der Waals surface area contributed by atoms with E-state index in [1.54, 1.807) is 4.90 Å². The Balaban J connectivity index is 1.95. The van der Waals surface area contributed by atoms with Crippen LogP contribution in [0.15, 0.2) is 0 Å². The number of hydrogen-bond donors (Lipinski definition) is 1. The number of carbonyl (C=O) groups is 2. The maximum absolute atomic E-state index is 12.6. The van der Waals surface area contributed by atoms with Gasteiger partial charge in [-0.15, -0.1) is 0 Å². The fourth-order valence-electron chi connectivity index (χ4n) is 3.36. The molecule has 2 unspecified atom stereocenters. The van der Waals surface area contributed by atoms with Crippen LogP contribution < -0.4 is 5.32 Å². The zero-order chi connectivity index (χ0) is 17.0. The van der Waals surface area contributed by atoms with Gasteiger partial charge in [-0.2, -0.15) is 0 Å². The third-order valence-electron chi connectivity index (χ3n) is 4.50. The maximum atomic E-state index is 12.6. The summed E-state index contributed by atoms with van der Waals surface area (Å²) in [4.78, 5) is 26.7. The molecule has 2 fully saturated rings. The van der Waals surface area contributed by atoms with Gasteiger partial charge in [-0.05, 0) is 46.5 Å². The van der Waals surface area contributed by atoms with E-state index in [1.807, 2.05) is 27.7 Å². The largest absolute Gasteiger partial charge is 0.444 e. The molecule has 0 spiro atoms. The van der Waals surface area contributed by atoms with Crippen LogP contribution in [0.4, 0.5) is 4.79 Å². The van der Waals surface area contributed by atoms with Crippen molar-refractivity contribution in [3.05, 3.63) is 0 Å². The molecule has 0 radical (unpaired) electrons. The molecule has 0 saturated carbocycles. The third-order valence-corrected chi connectivity index (χ3v) is 4.50. The Morgan fingerprint density at radius 2 is 1.87 bits per heavy atom. The number of carbonyl (C=O) groups excluding carboxylic acids is 2. The molecular weight excluding hydrogens is 296 g/mol. The average molecular weight is 326 g/mol. The summed E-state index contributed by atoms with van der Waals surface area (Å²) in [6, 6.07) is 0.119. The van der Waals surface area contributed by atoms with Gasteiger partial charge in [0.15, 0.2) is 0 Å². The summed E-state index contributed by atoms with van der Waals surface area (Å²) in [5, 5.41) is 3.14. The summed E-state index contributed by atoms with van der Waals surface area (Å²) in [6.07, 6.45) is 2.87. The summed E-state index contributed by atoms with van der Waals surface area (Å²) >= 11 is 0. The SMILES string of the molecule is CCC1C(C(=O)NC2CCOCC2)CCN1C(=O)OC(C)(C)C. The molecule has 2 amide bonds. The van der Waals surface area contributed by atoms with Crippen molar-refractivity contribution in [1.82, 2.24) is 10.2 Å². The predicted molar refractivity (Wildman–Crippen MR) is 87.1 cm³/mol. The van der Waals surface area contributed by atoms with Crippen LogP contribution in [0.5, 0.6) is 0 Å². The fraction of sp³-hybridized carbons (Fsp3) is 0.882. The third kappa shape index (κ3) is 4.83. The van der Waals surface area contributed by atoms with Crippen LogP contribution in [-0.2, 0) is 14.3 Å². The van der Waals surface area contributed by atoms with Crippen molar-refractivity contribution < 1.29 is 19.1 Å². The summed E-state index contributed by atoms with van der Waals surface area (Å²) in [7, 11) is 0. The van der Waals surface area contributed by atoms with E-state index < -0.39 is 5.60 Å². The van der Waals surface area contributed by atoms with Gasteiger partial charge in [0, 0.05) is 31.8 Å². The maximum Gasteiger partial charge on any atom is 0.410 e. The Kier molecular flexibility index (Phi) is 5.89. The summed E-state index contributed by atoms with van der Waals surface area (Å²) in [5.74, 6) is -0.0785. The first-order valence-corrected chi connectivity index (χ1v) is 8.69.